The van der Waals surface area contributed by atoms with E-state index in [9.17, 15) is 4.79 Å². The Kier molecular flexibility index (Phi) is 2.29. The zero-order valence-electron chi connectivity index (χ0n) is 4.88. The van der Waals surface area contributed by atoms with E-state index in [1.165, 1.54) is 0 Å². The van der Waals surface area contributed by atoms with Gasteiger partial charge in [0.1, 0.15) is 0 Å². The predicted molar refractivity (Wildman–Crippen MR) is 41.6 cm³/mol. The van der Waals surface area contributed by atoms with Crippen molar-refractivity contribution < 1.29 is 9.90 Å². The van der Waals surface area contributed by atoms with Crippen molar-refractivity contribution in [1.82, 2.24) is 4.90 Å². The van der Waals surface area contributed by atoms with Gasteiger partial charge in [-0.2, -0.15) is 0 Å². The summed E-state index contributed by atoms with van der Waals surface area (Å²) in [4.78, 5) is 12.2. The third-order valence-electron chi connectivity index (χ3n) is 1.41. The molecule has 0 unspecified atom stereocenters. The second-order valence-electron chi connectivity index (χ2n) is 2.14. The van der Waals surface area contributed by atoms with Gasteiger partial charge in [0, 0.05) is 35.7 Å². The molecule has 3 nitrogen and oxygen atoms in total. The first-order valence-corrected chi connectivity index (χ1v) is 3.90. The fourth-order valence-corrected chi connectivity index (χ4v) is 1.34. The fraction of sp³-hybridized carbons (Fsp3) is 0.800. The van der Waals surface area contributed by atoms with Crippen molar-refractivity contribution in [3.05, 3.63) is 0 Å². The zero-order valence-corrected chi connectivity index (χ0v) is 7.04. The van der Waals surface area contributed by atoms with Crippen LogP contribution in [0.3, 0.4) is 0 Å². The molecule has 1 amide bonds. The van der Waals surface area contributed by atoms with Crippen LogP contribution in [0, 0.1) is 0 Å². The first kappa shape index (κ1) is 7.27. The number of likely N-dealkylation sites (tertiary alicyclic amines) is 1. The fourth-order valence-electron chi connectivity index (χ4n) is 0.902. The van der Waals surface area contributed by atoms with E-state index >= 15 is 0 Å². The molecular formula is C5H8INO2. The Morgan fingerprint density at radius 1 is 1.78 bits per heavy atom. The Hall–Kier alpha value is 0.160. The molecule has 9 heavy (non-hydrogen) atoms. The third kappa shape index (κ3) is 1.79. The van der Waals surface area contributed by atoms with Crippen molar-refractivity contribution >= 4 is 26.5 Å². The summed E-state index contributed by atoms with van der Waals surface area (Å²) in [6.45, 7) is 1.23. The Morgan fingerprint density at radius 2 is 2.44 bits per heavy atom. The maximum Gasteiger partial charge on any atom is 0.283 e. The highest BCUT2D eigenvalue weighted by Gasteiger charge is 2.22. The molecule has 0 aromatic heterocycles. The second-order valence-corrected chi connectivity index (χ2v) is 3.06. The van der Waals surface area contributed by atoms with Gasteiger partial charge in [0.15, 0.2) is 0 Å². The molecule has 52 valence electrons. The van der Waals surface area contributed by atoms with E-state index in [-0.39, 0.29) is 10.0 Å². The van der Waals surface area contributed by atoms with Crippen molar-refractivity contribution in [3.8, 4) is 0 Å². The topological polar surface area (TPSA) is 40.5 Å². The van der Waals surface area contributed by atoms with Crippen LogP contribution in [0.5, 0.6) is 0 Å². The van der Waals surface area contributed by atoms with Gasteiger partial charge in [-0.1, -0.05) is 0 Å². The van der Waals surface area contributed by atoms with Crippen LogP contribution < -0.4 is 0 Å². The molecule has 0 radical (unpaired) electrons. The van der Waals surface area contributed by atoms with Crippen molar-refractivity contribution in [3.63, 3.8) is 0 Å². The molecule has 4 heteroatoms. The molecule has 1 aliphatic heterocycles. The van der Waals surface area contributed by atoms with Crippen molar-refractivity contribution in [2.24, 2.45) is 0 Å². The van der Waals surface area contributed by atoms with E-state index in [2.05, 4.69) is 0 Å². The van der Waals surface area contributed by atoms with Gasteiger partial charge >= 0.3 is 0 Å². The second kappa shape index (κ2) is 2.83. The molecule has 1 N–H and O–H groups in total. The smallest absolute Gasteiger partial charge is 0.283 e. The van der Waals surface area contributed by atoms with Crippen LogP contribution in [0.25, 0.3) is 0 Å². The number of amides is 1. The number of rotatable bonds is 0. The van der Waals surface area contributed by atoms with Crippen molar-refractivity contribution in [1.29, 1.82) is 0 Å². The normalized spacial score (nSPS) is 26.9. The van der Waals surface area contributed by atoms with E-state index < -0.39 is 0 Å². The average molecular weight is 241 g/mol. The van der Waals surface area contributed by atoms with Gasteiger partial charge in [0.2, 0.25) is 0 Å². The Labute approximate surface area is 67.2 Å². The van der Waals surface area contributed by atoms with Crippen molar-refractivity contribution in [2.75, 3.05) is 13.1 Å². The number of aliphatic hydroxyl groups is 1. The largest absolute Gasteiger partial charge is 0.391 e. The molecule has 0 saturated carbocycles. The highest BCUT2D eigenvalue weighted by Crippen LogP contribution is 2.11. The summed E-state index contributed by atoms with van der Waals surface area (Å²) in [6.07, 6.45) is 0.443. The summed E-state index contributed by atoms with van der Waals surface area (Å²) in [5.74, 6) is 0. The minimum Gasteiger partial charge on any atom is -0.391 e. The van der Waals surface area contributed by atoms with Crippen LogP contribution in [-0.2, 0) is 0 Å². The van der Waals surface area contributed by atoms with Crippen LogP contribution >= 0.6 is 22.6 Å². The first-order valence-electron chi connectivity index (χ1n) is 2.82. The summed E-state index contributed by atoms with van der Waals surface area (Å²) >= 11 is 1.73. The molecule has 1 rings (SSSR count). The average Bonchev–Trinajstić information content (AvgIpc) is 2.14. The third-order valence-corrected chi connectivity index (χ3v) is 2.09. The SMILES string of the molecule is O=C(I)N1CC[C@H](O)C1. The van der Waals surface area contributed by atoms with E-state index in [1.807, 2.05) is 0 Å². The summed E-state index contributed by atoms with van der Waals surface area (Å²) in [5.41, 5.74) is 0. The van der Waals surface area contributed by atoms with Crippen molar-refractivity contribution in [2.45, 2.75) is 12.5 Å². The molecule has 0 spiro atoms. The number of carbonyl (C=O) groups is 1. The van der Waals surface area contributed by atoms with Gasteiger partial charge in [-0.3, -0.25) is 4.79 Å². The van der Waals surface area contributed by atoms with Gasteiger partial charge in [-0.25, -0.2) is 0 Å². The van der Waals surface area contributed by atoms with E-state index in [0.29, 0.717) is 13.1 Å². The number of hydrogen-bond donors (Lipinski definition) is 1. The number of nitrogens with zero attached hydrogens (tertiary/aromatic N) is 1. The number of carbonyl (C=O) groups excluding carboxylic acids is 1. The Balaban J connectivity index is 2.39. The summed E-state index contributed by atoms with van der Waals surface area (Å²) in [6, 6.07) is 0. The lowest BCUT2D eigenvalue weighted by Gasteiger charge is -2.09. The molecule has 1 saturated heterocycles. The molecule has 0 aromatic carbocycles. The van der Waals surface area contributed by atoms with E-state index in [4.69, 9.17) is 5.11 Å². The minimum atomic E-state index is -0.288. The number of halogens is 1. The molecule has 0 aliphatic carbocycles. The van der Waals surface area contributed by atoms with Crippen LogP contribution in [0.1, 0.15) is 6.42 Å². The van der Waals surface area contributed by atoms with Crippen LogP contribution in [-0.4, -0.2) is 33.1 Å². The van der Waals surface area contributed by atoms with Crippen LogP contribution in [0.2, 0.25) is 0 Å². The summed E-state index contributed by atoms with van der Waals surface area (Å²) in [7, 11) is 0. The lowest BCUT2D eigenvalue weighted by atomic mass is 10.3. The lowest BCUT2D eigenvalue weighted by molar-refractivity contribution is 0.180. The molecular weight excluding hydrogens is 233 g/mol. The monoisotopic (exact) mass is 241 g/mol. The van der Waals surface area contributed by atoms with E-state index in [1.54, 1.807) is 27.5 Å². The quantitative estimate of drug-likeness (QED) is 0.383. The maximum atomic E-state index is 10.6. The molecule has 1 atom stereocenters. The Morgan fingerprint density at radius 3 is 2.67 bits per heavy atom. The lowest BCUT2D eigenvalue weighted by Crippen LogP contribution is -2.23. The maximum absolute atomic E-state index is 10.6. The predicted octanol–water partition coefficient (Wildman–Crippen LogP) is 0.608. The van der Waals surface area contributed by atoms with E-state index in [0.717, 1.165) is 6.42 Å². The standard InChI is InChI=1S/C5H8INO2/c6-5(9)7-2-1-4(8)3-7/h4,8H,1-3H2/t4-/m0/s1. The number of β-amino-alcohol motifs (C(OH)–C–C–N with tert-alkyl or cyclic N) is 1. The summed E-state index contributed by atoms with van der Waals surface area (Å²) in [5, 5.41) is 8.95. The minimum absolute atomic E-state index is 0.0316. The van der Waals surface area contributed by atoms with Gasteiger partial charge in [0.25, 0.3) is 3.91 Å². The van der Waals surface area contributed by atoms with Gasteiger partial charge in [-0.15, -0.1) is 0 Å². The highest BCUT2D eigenvalue weighted by molar-refractivity contribution is 14.1. The zero-order chi connectivity index (χ0) is 6.85. The number of aliphatic hydroxyl groups excluding tert-OH is 1. The summed E-state index contributed by atoms with van der Waals surface area (Å²) < 4.78 is 0.0316. The molecule has 1 heterocycles. The number of hydrogen-bond acceptors (Lipinski definition) is 2. The highest BCUT2D eigenvalue weighted by atomic mass is 127. The van der Waals surface area contributed by atoms with Crippen LogP contribution in [0.4, 0.5) is 4.79 Å². The molecule has 0 bridgehead atoms. The van der Waals surface area contributed by atoms with Gasteiger partial charge in [0.05, 0.1) is 6.10 Å². The van der Waals surface area contributed by atoms with Gasteiger partial charge in [-0.05, 0) is 6.42 Å². The molecule has 0 aromatic rings. The molecule has 1 fully saturated rings. The molecule has 1 aliphatic rings. The first-order chi connectivity index (χ1) is 4.20. The van der Waals surface area contributed by atoms with Crippen LogP contribution in [0.15, 0.2) is 0 Å². The van der Waals surface area contributed by atoms with Gasteiger partial charge < -0.3 is 10.0 Å². The Bertz CT molecular complexity index is 128.